The van der Waals surface area contributed by atoms with E-state index in [0.717, 1.165) is 5.56 Å². The van der Waals surface area contributed by atoms with Crippen LogP contribution in [0.15, 0.2) is 24.3 Å². The zero-order valence-corrected chi connectivity index (χ0v) is 8.77. The predicted molar refractivity (Wildman–Crippen MR) is 55.0 cm³/mol. The Labute approximate surface area is 88.4 Å². The Morgan fingerprint density at radius 1 is 1.53 bits per heavy atom. The first-order valence-electron chi connectivity index (χ1n) is 4.59. The third-order valence-corrected chi connectivity index (χ3v) is 2.07. The lowest BCUT2D eigenvalue weighted by atomic mass is 10.0. The number of carbonyl (C=O) groups is 1. The summed E-state index contributed by atoms with van der Waals surface area (Å²) in [6, 6.07) is 6.99. The van der Waals surface area contributed by atoms with Gasteiger partial charge in [0.25, 0.3) is 0 Å². The number of hydrogen-bond donors (Lipinski definition) is 1. The molecule has 0 amide bonds. The first kappa shape index (κ1) is 11.5. The minimum atomic E-state index is -0.848. The van der Waals surface area contributed by atoms with Crippen LogP contribution in [0.3, 0.4) is 0 Å². The van der Waals surface area contributed by atoms with E-state index in [1.165, 1.54) is 7.11 Å². The molecular weight excluding hydrogens is 196 g/mol. The normalized spacial score (nSPS) is 12.1. The fourth-order valence-corrected chi connectivity index (χ4v) is 1.14. The van der Waals surface area contributed by atoms with Crippen LogP contribution in [0, 0.1) is 0 Å². The Hall–Kier alpha value is -1.55. The zero-order valence-electron chi connectivity index (χ0n) is 8.77. The van der Waals surface area contributed by atoms with Crippen LogP contribution in [-0.2, 0) is 9.53 Å². The minimum absolute atomic E-state index is 0.158. The maximum absolute atomic E-state index is 10.8. The smallest absolute Gasteiger partial charge is 0.310 e. The number of carboxylic acid groups (broad SMARTS) is 1. The van der Waals surface area contributed by atoms with Gasteiger partial charge in [0.1, 0.15) is 5.75 Å². The van der Waals surface area contributed by atoms with Crippen molar-refractivity contribution in [3.8, 4) is 5.75 Å². The van der Waals surface area contributed by atoms with Gasteiger partial charge in [-0.15, -0.1) is 0 Å². The van der Waals surface area contributed by atoms with E-state index >= 15 is 0 Å². The van der Waals surface area contributed by atoms with E-state index in [9.17, 15) is 4.79 Å². The van der Waals surface area contributed by atoms with Gasteiger partial charge in [0, 0.05) is 7.11 Å². The maximum Gasteiger partial charge on any atom is 0.310 e. The number of hydrogen-bond acceptors (Lipinski definition) is 3. The highest BCUT2D eigenvalue weighted by atomic mass is 16.7. The van der Waals surface area contributed by atoms with Gasteiger partial charge < -0.3 is 14.6 Å². The van der Waals surface area contributed by atoms with Crippen LogP contribution in [0.1, 0.15) is 18.4 Å². The number of methoxy groups -OCH3 is 1. The second-order valence-corrected chi connectivity index (χ2v) is 3.18. The van der Waals surface area contributed by atoms with E-state index in [4.69, 9.17) is 14.6 Å². The standard InChI is InChI=1S/C11H14O4/c1-8(11(12)13)9-4-3-5-10(6-9)15-7-14-2/h3-6,8H,7H2,1-2H3,(H,12,13). The van der Waals surface area contributed by atoms with Crippen LogP contribution in [-0.4, -0.2) is 25.0 Å². The molecule has 0 bridgehead atoms. The molecule has 1 aromatic carbocycles. The van der Waals surface area contributed by atoms with Crippen LogP contribution >= 0.6 is 0 Å². The first-order valence-corrected chi connectivity index (χ1v) is 4.59. The molecule has 82 valence electrons. The van der Waals surface area contributed by atoms with E-state index in [-0.39, 0.29) is 6.79 Å². The molecule has 0 fully saturated rings. The number of rotatable bonds is 5. The molecule has 4 nitrogen and oxygen atoms in total. The summed E-state index contributed by atoms with van der Waals surface area (Å²) in [5.41, 5.74) is 0.719. The van der Waals surface area contributed by atoms with Crippen molar-refractivity contribution in [3.63, 3.8) is 0 Å². The van der Waals surface area contributed by atoms with Crippen molar-refractivity contribution in [2.24, 2.45) is 0 Å². The summed E-state index contributed by atoms with van der Waals surface area (Å²) in [7, 11) is 1.53. The van der Waals surface area contributed by atoms with Crippen LogP contribution in [0.25, 0.3) is 0 Å². The molecule has 0 heterocycles. The van der Waals surface area contributed by atoms with E-state index in [0.29, 0.717) is 5.75 Å². The molecule has 1 N–H and O–H groups in total. The molecule has 0 aliphatic rings. The summed E-state index contributed by atoms with van der Waals surface area (Å²) in [4.78, 5) is 10.8. The molecule has 1 rings (SSSR count). The second-order valence-electron chi connectivity index (χ2n) is 3.18. The second kappa shape index (κ2) is 5.36. The number of ether oxygens (including phenoxy) is 2. The summed E-state index contributed by atoms with van der Waals surface area (Å²) < 4.78 is 9.97. The predicted octanol–water partition coefficient (Wildman–Crippen LogP) is 1.86. The fourth-order valence-electron chi connectivity index (χ4n) is 1.14. The average Bonchev–Trinajstić information content (AvgIpc) is 2.25. The molecule has 0 saturated heterocycles. The molecule has 0 saturated carbocycles. The minimum Gasteiger partial charge on any atom is -0.481 e. The molecule has 1 unspecified atom stereocenters. The molecule has 0 aromatic heterocycles. The molecular formula is C11H14O4. The van der Waals surface area contributed by atoms with Crippen LogP contribution < -0.4 is 4.74 Å². The van der Waals surface area contributed by atoms with Crippen LogP contribution in [0.4, 0.5) is 0 Å². The van der Waals surface area contributed by atoms with E-state index in [1.54, 1.807) is 31.2 Å². The summed E-state index contributed by atoms with van der Waals surface area (Å²) in [6.45, 7) is 1.79. The molecule has 15 heavy (non-hydrogen) atoms. The van der Waals surface area contributed by atoms with E-state index in [1.807, 2.05) is 0 Å². The third kappa shape index (κ3) is 3.25. The van der Waals surface area contributed by atoms with Gasteiger partial charge in [-0.05, 0) is 24.6 Å². The van der Waals surface area contributed by atoms with E-state index < -0.39 is 11.9 Å². The third-order valence-electron chi connectivity index (χ3n) is 2.07. The Balaban J connectivity index is 2.77. The number of benzene rings is 1. The molecule has 0 spiro atoms. The molecule has 0 aliphatic heterocycles. The van der Waals surface area contributed by atoms with Gasteiger partial charge in [-0.25, -0.2) is 0 Å². The number of carboxylic acids is 1. The number of aliphatic carboxylic acids is 1. The summed E-state index contributed by atoms with van der Waals surface area (Å²) in [6.07, 6.45) is 0. The molecule has 4 heteroatoms. The van der Waals surface area contributed by atoms with Gasteiger partial charge >= 0.3 is 5.97 Å². The van der Waals surface area contributed by atoms with Crippen molar-refractivity contribution < 1.29 is 19.4 Å². The van der Waals surface area contributed by atoms with E-state index in [2.05, 4.69) is 0 Å². The largest absolute Gasteiger partial charge is 0.481 e. The van der Waals surface area contributed by atoms with Crippen molar-refractivity contribution in [2.75, 3.05) is 13.9 Å². The molecule has 0 radical (unpaired) electrons. The van der Waals surface area contributed by atoms with Crippen molar-refractivity contribution in [1.29, 1.82) is 0 Å². The highest BCUT2D eigenvalue weighted by Crippen LogP contribution is 2.20. The van der Waals surface area contributed by atoms with Gasteiger partial charge in [0.05, 0.1) is 5.92 Å². The van der Waals surface area contributed by atoms with Crippen molar-refractivity contribution in [2.45, 2.75) is 12.8 Å². The zero-order chi connectivity index (χ0) is 11.3. The summed E-state index contributed by atoms with van der Waals surface area (Å²) >= 11 is 0. The summed E-state index contributed by atoms with van der Waals surface area (Å²) in [5, 5.41) is 8.84. The lowest BCUT2D eigenvalue weighted by Crippen LogP contribution is -2.07. The van der Waals surface area contributed by atoms with Gasteiger partial charge in [-0.3, -0.25) is 4.79 Å². The Morgan fingerprint density at radius 3 is 2.87 bits per heavy atom. The van der Waals surface area contributed by atoms with Crippen molar-refractivity contribution >= 4 is 5.97 Å². The highest BCUT2D eigenvalue weighted by Gasteiger charge is 2.13. The van der Waals surface area contributed by atoms with Crippen molar-refractivity contribution in [1.82, 2.24) is 0 Å². The molecule has 0 aliphatic carbocycles. The van der Waals surface area contributed by atoms with Gasteiger partial charge in [0.15, 0.2) is 6.79 Å². The Bertz CT molecular complexity index is 335. The fraction of sp³-hybridized carbons (Fsp3) is 0.364. The van der Waals surface area contributed by atoms with Gasteiger partial charge in [0.2, 0.25) is 0 Å². The van der Waals surface area contributed by atoms with Crippen molar-refractivity contribution in [3.05, 3.63) is 29.8 Å². The maximum atomic E-state index is 10.8. The van der Waals surface area contributed by atoms with Gasteiger partial charge in [-0.2, -0.15) is 0 Å². The summed E-state index contributed by atoms with van der Waals surface area (Å²) in [5.74, 6) is -0.766. The average molecular weight is 210 g/mol. The van der Waals surface area contributed by atoms with Crippen LogP contribution in [0.5, 0.6) is 5.75 Å². The quantitative estimate of drug-likeness (QED) is 0.753. The molecule has 1 aromatic rings. The monoisotopic (exact) mass is 210 g/mol. The Morgan fingerprint density at radius 2 is 2.27 bits per heavy atom. The molecule has 1 atom stereocenters. The lowest BCUT2D eigenvalue weighted by Gasteiger charge is -2.09. The lowest BCUT2D eigenvalue weighted by molar-refractivity contribution is -0.138. The topological polar surface area (TPSA) is 55.8 Å². The van der Waals surface area contributed by atoms with Crippen LogP contribution in [0.2, 0.25) is 0 Å². The SMILES string of the molecule is COCOc1cccc(C(C)C(=O)O)c1. The van der Waals surface area contributed by atoms with Gasteiger partial charge in [-0.1, -0.05) is 12.1 Å². The highest BCUT2D eigenvalue weighted by molar-refractivity contribution is 5.75. The Kier molecular flexibility index (Phi) is 4.12. The first-order chi connectivity index (χ1) is 7.15.